The summed E-state index contributed by atoms with van der Waals surface area (Å²) in [7, 11) is 0. The quantitative estimate of drug-likeness (QED) is 0.583. The van der Waals surface area contributed by atoms with Crippen molar-refractivity contribution in [3.63, 3.8) is 0 Å². The Morgan fingerprint density at radius 1 is 1.33 bits per heavy atom. The maximum atomic E-state index is 2.41. The summed E-state index contributed by atoms with van der Waals surface area (Å²) < 4.78 is 1.38. The van der Waals surface area contributed by atoms with Crippen LogP contribution in [0.1, 0.15) is 25.3 Å². The van der Waals surface area contributed by atoms with Gasteiger partial charge < -0.3 is 0 Å². The van der Waals surface area contributed by atoms with E-state index in [1.54, 1.807) is 0 Å². The molecule has 0 saturated carbocycles. The van der Waals surface area contributed by atoms with Gasteiger partial charge in [0.1, 0.15) is 0 Å². The molecule has 0 fully saturated rings. The predicted molar refractivity (Wildman–Crippen MR) is 65.0 cm³/mol. The molecule has 0 N–H and O–H groups in total. The van der Waals surface area contributed by atoms with Gasteiger partial charge in [0.15, 0.2) is 0 Å². The lowest BCUT2D eigenvalue weighted by Gasteiger charge is -2.12. The van der Waals surface area contributed by atoms with E-state index < -0.39 is 0 Å². The standard InChI is InChI=1S/C10H13IS/c1-7(2)10-8(11)5-4-6-9(10)12-3/h4-7H,1-3H3. The molecule has 0 amide bonds. The van der Waals surface area contributed by atoms with Gasteiger partial charge in [-0.25, -0.2) is 0 Å². The van der Waals surface area contributed by atoms with Gasteiger partial charge in [-0.1, -0.05) is 19.9 Å². The van der Waals surface area contributed by atoms with E-state index in [9.17, 15) is 0 Å². The SMILES string of the molecule is CSc1cccc(I)c1C(C)C. The minimum Gasteiger partial charge on any atom is -0.129 e. The summed E-state index contributed by atoms with van der Waals surface area (Å²) in [6.45, 7) is 4.49. The van der Waals surface area contributed by atoms with Gasteiger partial charge in [0.05, 0.1) is 0 Å². The number of benzene rings is 1. The molecular formula is C10H13IS. The number of rotatable bonds is 2. The lowest BCUT2D eigenvalue weighted by atomic mass is 10.0. The van der Waals surface area contributed by atoms with Crippen LogP contribution in [0.15, 0.2) is 23.1 Å². The number of halogens is 1. The molecule has 0 aliphatic heterocycles. The van der Waals surface area contributed by atoms with Crippen LogP contribution in [0.5, 0.6) is 0 Å². The third kappa shape index (κ3) is 2.16. The summed E-state index contributed by atoms with van der Waals surface area (Å²) in [6.07, 6.45) is 2.14. The van der Waals surface area contributed by atoms with Crippen LogP contribution < -0.4 is 0 Å². The number of thioether (sulfide) groups is 1. The Kier molecular flexibility index (Phi) is 3.90. The van der Waals surface area contributed by atoms with E-state index in [4.69, 9.17) is 0 Å². The van der Waals surface area contributed by atoms with Gasteiger partial charge in [-0.05, 0) is 52.5 Å². The molecule has 12 heavy (non-hydrogen) atoms. The van der Waals surface area contributed by atoms with E-state index in [2.05, 4.69) is 60.9 Å². The Balaban J connectivity index is 3.20. The van der Waals surface area contributed by atoms with Gasteiger partial charge in [0, 0.05) is 8.47 Å². The molecule has 0 radical (unpaired) electrons. The maximum Gasteiger partial charge on any atom is 0.0176 e. The maximum absolute atomic E-state index is 2.41. The van der Waals surface area contributed by atoms with Crippen LogP contribution in [-0.2, 0) is 0 Å². The fourth-order valence-electron chi connectivity index (χ4n) is 1.26. The van der Waals surface area contributed by atoms with E-state index in [0.717, 1.165) is 0 Å². The third-order valence-corrected chi connectivity index (χ3v) is 3.55. The van der Waals surface area contributed by atoms with Gasteiger partial charge in [0.2, 0.25) is 0 Å². The second-order valence-corrected chi connectivity index (χ2v) is 5.02. The Morgan fingerprint density at radius 3 is 2.42 bits per heavy atom. The second-order valence-electron chi connectivity index (χ2n) is 3.01. The summed E-state index contributed by atoms with van der Waals surface area (Å²) in [4.78, 5) is 1.41. The van der Waals surface area contributed by atoms with Crippen LogP contribution in [0.2, 0.25) is 0 Å². The highest BCUT2D eigenvalue weighted by atomic mass is 127. The monoisotopic (exact) mass is 292 g/mol. The molecule has 0 bridgehead atoms. The smallest absolute Gasteiger partial charge is 0.0176 e. The molecule has 0 spiro atoms. The molecule has 0 heterocycles. The van der Waals surface area contributed by atoms with Crippen molar-refractivity contribution in [2.45, 2.75) is 24.7 Å². The molecule has 1 aromatic carbocycles. The zero-order valence-corrected chi connectivity index (χ0v) is 10.6. The largest absolute Gasteiger partial charge is 0.129 e. The van der Waals surface area contributed by atoms with Gasteiger partial charge in [0.25, 0.3) is 0 Å². The second kappa shape index (κ2) is 4.51. The zero-order chi connectivity index (χ0) is 9.14. The van der Waals surface area contributed by atoms with Crippen molar-refractivity contribution < 1.29 is 0 Å². The average molecular weight is 292 g/mol. The minimum absolute atomic E-state index is 0.626. The first-order valence-electron chi connectivity index (χ1n) is 3.99. The van der Waals surface area contributed by atoms with E-state index in [1.807, 2.05) is 11.8 Å². The third-order valence-electron chi connectivity index (χ3n) is 1.81. The van der Waals surface area contributed by atoms with Crippen molar-refractivity contribution >= 4 is 34.4 Å². The van der Waals surface area contributed by atoms with Crippen LogP contribution in [-0.4, -0.2) is 6.26 Å². The van der Waals surface area contributed by atoms with E-state index >= 15 is 0 Å². The van der Waals surface area contributed by atoms with Crippen molar-refractivity contribution in [3.05, 3.63) is 27.3 Å². The van der Waals surface area contributed by atoms with Crippen molar-refractivity contribution in [3.8, 4) is 0 Å². The predicted octanol–water partition coefficient (Wildman–Crippen LogP) is 4.14. The van der Waals surface area contributed by atoms with Gasteiger partial charge in [-0.3, -0.25) is 0 Å². The van der Waals surface area contributed by atoms with Crippen LogP contribution >= 0.6 is 34.4 Å². The summed E-state index contributed by atoms with van der Waals surface area (Å²) in [5.74, 6) is 0.626. The van der Waals surface area contributed by atoms with Crippen molar-refractivity contribution in [1.29, 1.82) is 0 Å². The van der Waals surface area contributed by atoms with Crippen molar-refractivity contribution in [1.82, 2.24) is 0 Å². The summed E-state index contributed by atoms with van der Waals surface area (Å²) in [5.41, 5.74) is 1.49. The lowest BCUT2D eigenvalue weighted by Crippen LogP contribution is -1.94. The number of hydrogen-bond donors (Lipinski definition) is 0. The molecular weight excluding hydrogens is 279 g/mol. The molecule has 0 unspecified atom stereocenters. The number of hydrogen-bond acceptors (Lipinski definition) is 1. The van der Waals surface area contributed by atoms with E-state index in [0.29, 0.717) is 5.92 Å². The van der Waals surface area contributed by atoms with Crippen molar-refractivity contribution in [2.75, 3.05) is 6.26 Å². The zero-order valence-electron chi connectivity index (χ0n) is 7.60. The van der Waals surface area contributed by atoms with Gasteiger partial charge in [-0.15, -0.1) is 11.8 Å². The minimum atomic E-state index is 0.626. The van der Waals surface area contributed by atoms with Gasteiger partial charge in [-0.2, -0.15) is 0 Å². The van der Waals surface area contributed by atoms with Gasteiger partial charge >= 0.3 is 0 Å². The summed E-state index contributed by atoms with van der Waals surface area (Å²) >= 11 is 4.24. The van der Waals surface area contributed by atoms with E-state index in [-0.39, 0.29) is 0 Å². The van der Waals surface area contributed by atoms with Crippen LogP contribution in [0, 0.1) is 3.57 Å². The molecule has 1 aromatic rings. The Hall–Kier alpha value is 0.300. The van der Waals surface area contributed by atoms with Crippen molar-refractivity contribution in [2.24, 2.45) is 0 Å². The summed E-state index contributed by atoms with van der Waals surface area (Å²) in [5, 5.41) is 0. The fraction of sp³-hybridized carbons (Fsp3) is 0.400. The Labute approximate surface area is 92.3 Å². The van der Waals surface area contributed by atoms with Crippen LogP contribution in [0.4, 0.5) is 0 Å². The Bertz CT molecular complexity index is 269. The highest BCUT2D eigenvalue weighted by Crippen LogP contribution is 2.30. The van der Waals surface area contributed by atoms with Crippen LogP contribution in [0.25, 0.3) is 0 Å². The molecule has 0 aliphatic carbocycles. The first kappa shape index (κ1) is 10.4. The average Bonchev–Trinajstić information content (AvgIpc) is 2.03. The molecule has 0 nitrogen and oxygen atoms in total. The molecule has 1 rings (SSSR count). The first-order valence-corrected chi connectivity index (χ1v) is 6.29. The first-order chi connectivity index (χ1) is 5.66. The molecule has 0 aliphatic rings. The molecule has 0 saturated heterocycles. The van der Waals surface area contributed by atoms with E-state index in [1.165, 1.54) is 14.0 Å². The fourth-order valence-corrected chi connectivity index (χ4v) is 3.34. The Morgan fingerprint density at radius 2 is 2.00 bits per heavy atom. The summed E-state index contributed by atoms with van der Waals surface area (Å²) in [6, 6.07) is 6.50. The molecule has 0 atom stereocenters. The van der Waals surface area contributed by atoms with Crippen LogP contribution in [0.3, 0.4) is 0 Å². The molecule has 2 heteroatoms. The highest BCUT2D eigenvalue weighted by Gasteiger charge is 2.08. The highest BCUT2D eigenvalue weighted by molar-refractivity contribution is 14.1. The topological polar surface area (TPSA) is 0 Å². The lowest BCUT2D eigenvalue weighted by molar-refractivity contribution is 0.835. The molecule has 66 valence electrons. The molecule has 0 aromatic heterocycles. The normalized spacial score (nSPS) is 10.8.